The van der Waals surface area contributed by atoms with Gasteiger partial charge in [0, 0.05) is 18.2 Å². The molecule has 2 aromatic heterocycles. The average molecular weight is 229 g/mol. The third-order valence-corrected chi connectivity index (χ3v) is 3.39. The molecule has 0 bridgehead atoms. The lowest BCUT2D eigenvalue weighted by Gasteiger charge is -2.08. The Morgan fingerprint density at radius 3 is 2.82 bits per heavy atom. The maximum atomic E-state index is 11.7. The summed E-state index contributed by atoms with van der Waals surface area (Å²) in [5.41, 5.74) is 1.74. The van der Waals surface area contributed by atoms with Crippen LogP contribution in [-0.2, 0) is 0 Å². The van der Waals surface area contributed by atoms with Crippen LogP contribution in [0.2, 0.25) is 0 Å². The highest BCUT2D eigenvalue weighted by Gasteiger charge is 2.19. The topological polar surface area (TPSA) is 61.5 Å². The molecule has 3 rings (SSSR count). The molecule has 0 aliphatic heterocycles. The zero-order chi connectivity index (χ0) is 11.7. The van der Waals surface area contributed by atoms with Gasteiger partial charge in [-0.3, -0.25) is 4.79 Å². The third kappa shape index (κ3) is 2.02. The van der Waals surface area contributed by atoms with Crippen molar-refractivity contribution in [1.82, 2.24) is 15.0 Å². The summed E-state index contributed by atoms with van der Waals surface area (Å²) in [6, 6.07) is 5.46. The molecule has 0 atom stereocenters. The molecule has 2 heterocycles. The van der Waals surface area contributed by atoms with E-state index in [0.717, 1.165) is 24.2 Å². The lowest BCUT2D eigenvalue weighted by atomic mass is 10.0. The van der Waals surface area contributed by atoms with Crippen molar-refractivity contribution in [3.8, 4) is 11.5 Å². The number of hydrogen-bond donors (Lipinski definition) is 2. The average Bonchev–Trinajstić information content (AvgIpc) is 3.02. The number of aromatic nitrogens is 3. The third-order valence-electron chi connectivity index (χ3n) is 3.39. The molecule has 1 saturated carbocycles. The molecule has 0 amide bonds. The summed E-state index contributed by atoms with van der Waals surface area (Å²) in [5.74, 6) is 1.11. The zero-order valence-corrected chi connectivity index (χ0v) is 9.57. The van der Waals surface area contributed by atoms with Gasteiger partial charge >= 0.3 is 0 Å². The minimum Gasteiger partial charge on any atom is -0.359 e. The van der Waals surface area contributed by atoms with Crippen LogP contribution in [0, 0.1) is 0 Å². The Bertz CT molecular complexity index is 550. The second-order valence-corrected chi connectivity index (χ2v) is 4.58. The molecule has 1 aliphatic rings. The second-order valence-electron chi connectivity index (χ2n) is 4.58. The number of rotatable bonds is 2. The SMILES string of the molecule is O=c1cc(C2CCCC2)nc(-c2ccc[nH]2)[nH]1. The van der Waals surface area contributed by atoms with E-state index in [9.17, 15) is 4.79 Å². The lowest BCUT2D eigenvalue weighted by molar-refractivity contribution is 0.693. The van der Waals surface area contributed by atoms with Crippen molar-refractivity contribution in [1.29, 1.82) is 0 Å². The van der Waals surface area contributed by atoms with Crippen molar-refractivity contribution >= 4 is 0 Å². The Hall–Kier alpha value is -1.84. The van der Waals surface area contributed by atoms with Crippen molar-refractivity contribution in [2.24, 2.45) is 0 Å². The van der Waals surface area contributed by atoms with E-state index in [-0.39, 0.29) is 5.56 Å². The van der Waals surface area contributed by atoms with Gasteiger partial charge in [-0.25, -0.2) is 4.98 Å². The molecule has 4 heteroatoms. The van der Waals surface area contributed by atoms with Crippen molar-refractivity contribution in [2.45, 2.75) is 31.6 Å². The quantitative estimate of drug-likeness (QED) is 0.830. The molecule has 17 heavy (non-hydrogen) atoms. The Balaban J connectivity index is 2.03. The van der Waals surface area contributed by atoms with Gasteiger partial charge in [0.1, 0.15) is 0 Å². The predicted octanol–water partition coefficient (Wildman–Crippen LogP) is 2.42. The van der Waals surface area contributed by atoms with Crippen LogP contribution < -0.4 is 5.56 Å². The highest BCUT2D eigenvalue weighted by molar-refractivity contribution is 5.48. The molecule has 1 fully saturated rings. The summed E-state index contributed by atoms with van der Waals surface area (Å²) in [6.45, 7) is 0. The molecule has 0 radical (unpaired) electrons. The van der Waals surface area contributed by atoms with E-state index < -0.39 is 0 Å². The minimum absolute atomic E-state index is 0.0634. The summed E-state index contributed by atoms with van der Waals surface area (Å²) in [4.78, 5) is 22.1. The highest BCUT2D eigenvalue weighted by atomic mass is 16.1. The van der Waals surface area contributed by atoms with Crippen molar-refractivity contribution in [3.63, 3.8) is 0 Å². The molecule has 2 aromatic rings. The minimum atomic E-state index is -0.0634. The van der Waals surface area contributed by atoms with Gasteiger partial charge in [0.2, 0.25) is 0 Å². The van der Waals surface area contributed by atoms with Gasteiger partial charge in [0.05, 0.1) is 11.4 Å². The Morgan fingerprint density at radius 2 is 2.12 bits per heavy atom. The maximum Gasteiger partial charge on any atom is 0.251 e. The molecular weight excluding hydrogens is 214 g/mol. The van der Waals surface area contributed by atoms with Gasteiger partial charge in [-0.1, -0.05) is 12.8 Å². The van der Waals surface area contributed by atoms with Crippen molar-refractivity contribution in [3.05, 3.63) is 40.4 Å². The molecular formula is C13H15N3O. The Labute approximate surface area is 99.1 Å². The van der Waals surface area contributed by atoms with Gasteiger partial charge < -0.3 is 9.97 Å². The van der Waals surface area contributed by atoms with E-state index in [4.69, 9.17) is 0 Å². The fourth-order valence-electron chi connectivity index (χ4n) is 2.51. The van der Waals surface area contributed by atoms with Crippen LogP contribution in [-0.4, -0.2) is 15.0 Å². The van der Waals surface area contributed by atoms with Gasteiger partial charge in [-0.15, -0.1) is 0 Å². The first kappa shape index (κ1) is 10.3. The molecule has 88 valence electrons. The molecule has 0 spiro atoms. The Kier molecular flexibility index (Phi) is 2.55. The molecule has 0 unspecified atom stereocenters. The normalized spacial score (nSPS) is 16.5. The first-order chi connectivity index (χ1) is 8.33. The smallest absolute Gasteiger partial charge is 0.251 e. The zero-order valence-electron chi connectivity index (χ0n) is 9.57. The van der Waals surface area contributed by atoms with Crippen LogP contribution in [0.5, 0.6) is 0 Å². The number of aromatic amines is 2. The lowest BCUT2D eigenvalue weighted by Crippen LogP contribution is -2.12. The second kappa shape index (κ2) is 4.20. The molecule has 4 nitrogen and oxygen atoms in total. The summed E-state index contributed by atoms with van der Waals surface area (Å²) in [6.07, 6.45) is 6.63. The van der Waals surface area contributed by atoms with Crippen LogP contribution >= 0.6 is 0 Å². The first-order valence-corrected chi connectivity index (χ1v) is 6.08. The molecule has 1 aliphatic carbocycles. The summed E-state index contributed by atoms with van der Waals surface area (Å²) < 4.78 is 0. The molecule has 0 saturated heterocycles. The van der Waals surface area contributed by atoms with Crippen molar-refractivity contribution < 1.29 is 0 Å². The van der Waals surface area contributed by atoms with Gasteiger partial charge in [-0.2, -0.15) is 0 Å². The van der Waals surface area contributed by atoms with Gasteiger partial charge in [0.15, 0.2) is 5.82 Å². The molecule has 2 N–H and O–H groups in total. The van der Waals surface area contributed by atoms with E-state index in [1.807, 2.05) is 18.3 Å². The van der Waals surface area contributed by atoms with Gasteiger partial charge in [-0.05, 0) is 25.0 Å². The fourth-order valence-corrected chi connectivity index (χ4v) is 2.51. The first-order valence-electron chi connectivity index (χ1n) is 6.08. The standard InChI is InChI=1S/C13H15N3O/c17-12-8-11(9-4-1-2-5-9)15-13(16-12)10-6-3-7-14-10/h3,6-9,14H,1-2,4-5H2,(H,15,16,17). The van der Waals surface area contributed by atoms with Crippen LogP contribution in [0.25, 0.3) is 11.5 Å². The Morgan fingerprint density at radius 1 is 1.29 bits per heavy atom. The van der Waals surface area contributed by atoms with Crippen LogP contribution in [0.15, 0.2) is 29.2 Å². The van der Waals surface area contributed by atoms with E-state index >= 15 is 0 Å². The fraction of sp³-hybridized carbons (Fsp3) is 0.385. The highest BCUT2D eigenvalue weighted by Crippen LogP contribution is 2.32. The van der Waals surface area contributed by atoms with E-state index in [2.05, 4.69) is 15.0 Å². The number of nitrogens with zero attached hydrogens (tertiary/aromatic N) is 1. The van der Waals surface area contributed by atoms with E-state index in [0.29, 0.717) is 11.7 Å². The van der Waals surface area contributed by atoms with E-state index in [1.165, 1.54) is 12.8 Å². The summed E-state index contributed by atoms with van der Waals surface area (Å²) >= 11 is 0. The predicted molar refractivity (Wildman–Crippen MR) is 65.9 cm³/mol. The monoisotopic (exact) mass is 229 g/mol. The van der Waals surface area contributed by atoms with Crippen LogP contribution in [0.1, 0.15) is 37.3 Å². The number of nitrogens with one attached hydrogen (secondary N) is 2. The number of H-pyrrole nitrogens is 2. The van der Waals surface area contributed by atoms with Crippen LogP contribution in [0.3, 0.4) is 0 Å². The maximum absolute atomic E-state index is 11.7. The van der Waals surface area contributed by atoms with Gasteiger partial charge in [0.25, 0.3) is 5.56 Å². The largest absolute Gasteiger partial charge is 0.359 e. The summed E-state index contributed by atoms with van der Waals surface area (Å²) in [7, 11) is 0. The molecule has 0 aromatic carbocycles. The van der Waals surface area contributed by atoms with Crippen molar-refractivity contribution in [2.75, 3.05) is 0 Å². The van der Waals surface area contributed by atoms with E-state index in [1.54, 1.807) is 6.07 Å². The number of hydrogen-bond acceptors (Lipinski definition) is 2. The summed E-state index contributed by atoms with van der Waals surface area (Å²) in [5, 5.41) is 0. The van der Waals surface area contributed by atoms with Crippen LogP contribution in [0.4, 0.5) is 0 Å².